The van der Waals surface area contributed by atoms with Crippen molar-refractivity contribution in [2.24, 2.45) is 0 Å². The van der Waals surface area contributed by atoms with E-state index in [0.29, 0.717) is 23.3 Å². The van der Waals surface area contributed by atoms with Crippen LogP contribution in [0.2, 0.25) is 0 Å². The first kappa shape index (κ1) is 20.2. The quantitative estimate of drug-likeness (QED) is 0.466. The zero-order valence-electron chi connectivity index (χ0n) is 17.3. The van der Waals surface area contributed by atoms with Crippen molar-refractivity contribution in [3.63, 3.8) is 0 Å². The van der Waals surface area contributed by atoms with Gasteiger partial charge in [0.15, 0.2) is 5.82 Å². The Bertz CT molecular complexity index is 1190. The number of furan rings is 1. The van der Waals surface area contributed by atoms with E-state index >= 15 is 0 Å². The number of aromatic nitrogens is 3. The number of carbonyl (C=O) groups is 1. The van der Waals surface area contributed by atoms with E-state index in [0.717, 1.165) is 16.9 Å². The average Bonchev–Trinajstić information content (AvgIpc) is 3.52. The van der Waals surface area contributed by atoms with Crippen LogP contribution in [0.3, 0.4) is 0 Å². The number of hydrogen-bond donors (Lipinski definition) is 2. The maximum atomic E-state index is 13.2. The van der Waals surface area contributed by atoms with Crippen LogP contribution >= 0.6 is 11.8 Å². The summed E-state index contributed by atoms with van der Waals surface area (Å²) in [4.78, 5) is 13.2. The topological polar surface area (TPSA) is 94.2 Å². The molecule has 0 fully saturated rings. The fourth-order valence-corrected chi connectivity index (χ4v) is 4.68. The van der Waals surface area contributed by atoms with Crippen LogP contribution in [0.25, 0.3) is 11.4 Å². The van der Waals surface area contributed by atoms with Crippen LogP contribution in [0.5, 0.6) is 5.75 Å². The Morgan fingerprint density at radius 2 is 1.94 bits per heavy atom. The van der Waals surface area contributed by atoms with Crippen LogP contribution in [-0.4, -0.2) is 33.1 Å². The lowest BCUT2D eigenvalue weighted by Crippen LogP contribution is -2.43. The SMILES string of the molecule is COc1ccc([C@H]2Nn3c(nnc3-c3ccccc3)S[C@H]2C(=O)NCc2ccco2)cc1. The van der Waals surface area contributed by atoms with E-state index in [9.17, 15) is 4.79 Å². The molecule has 0 bridgehead atoms. The second kappa shape index (κ2) is 8.80. The molecule has 0 radical (unpaired) electrons. The molecule has 1 aliphatic rings. The standard InChI is InChI=1S/C23H21N5O3S/c1-30-17-11-9-15(10-12-17)19-20(22(29)24-14-18-8-5-13-31-18)32-23-26-25-21(28(23)27-19)16-6-3-2-4-7-16/h2-13,19-20,27H,14H2,1H3,(H,24,29)/t19-,20-/m1/s1. The van der Waals surface area contributed by atoms with Gasteiger partial charge in [-0.05, 0) is 29.8 Å². The summed E-state index contributed by atoms with van der Waals surface area (Å²) in [6.07, 6.45) is 1.59. The van der Waals surface area contributed by atoms with Gasteiger partial charge in [-0.15, -0.1) is 10.2 Å². The second-order valence-electron chi connectivity index (χ2n) is 7.22. The predicted octanol–water partition coefficient (Wildman–Crippen LogP) is 3.62. The summed E-state index contributed by atoms with van der Waals surface area (Å²) in [5.41, 5.74) is 5.36. The maximum absolute atomic E-state index is 13.2. The maximum Gasteiger partial charge on any atom is 0.236 e. The fourth-order valence-electron chi connectivity index (χ4n) is 3.58. The highest BCUT2D eigenvalue weighted by atomic mass is 32.2. The van der Waals surface area contributed by atoms with Crippen molar-refractivity contribution in [3.8, 4) is 17.1 Å². The highest BCUT2D eigenvalue weighted by Gasteiger charge is 2.38. The van der Waals surface area contributed by atoms with Crippen molar-refractivity contribution in [2.75, 3.05) is 12.5 Å². The summed E-state index contributed by atoms with van der Waals surface area (Å²) >= 11 is 1.38. The molecular weight excluding hydrogens is 426 g/mol. The van der Waals surface area contributed by atoms with Gasteiger partial charge >= 0.3 is 0 Å². The number of methoxy groups -OCH3 is 1. The lowest BCUT2D eigenvalue weighted by Gasteiger charge is -2.33. The number of nitrogens with one attached hydrogen (secondary N) is 2. The van der Waals surface area contributed by atoms with Gasteiger partial charge < -0.3 is 19.9 Å². The van der Waals surface area contributed by atoms with Crippen LogP contribution in [-0.2, 0) is 11.3 Å². The molecule has 0 saturated carbocycles. The lowest BCUT2D eigenvalue weighted by atomic mass is 10.0. The first-order valence-electron chi connectivity index (χ1n) is 10.1. The van der Waals surface area contributed by atoms with E-state index in [1.54, 1.807) is 19.4 Å². The van der Waals surface area contributed by atoms with Gasteiger partial charge in [-0.3, -0.25) is 4.79 Å². The molecule has 8 nitrogen and oxygen atoms in total. The van der Waals surface area contributed by atoms with Crippen molar-refractivity contribution in [2.45, 2.75) is 23.0 Å². The molecule has 0 saturated heterocycles. The lowest BCUT2D eigenvalue weighted by molar-refractivity contribution is -0.121. The van der Waals surface area contributed by atoms with Gasteiger partial charge in [0.25, 0.3) is 0 Å². The van der Waals surface area contributed by atoms with Crippen molar-refractivity contribution >= 4 is 17.7 Å². The van der Waals surface area contributed by atoms with Crippen LogP contribution in [0.15, 0.2) is 82.6 Å². The Morgan fingerprint density at radius 3 is 2.66 bits per heavy atom. The Morgan fingerprint density at radius 1 is 1.12 bits per heavy atom. The first-order valence-corrected chi connectivity index (χ1v) is 11.0. The van der Waals surface area contributed by atoms with Gasteiger partial charge in [-0.25, -0.2) is 4.68 Å². The number of fused-ring (bicyclic) bond motifs is 1. The van der Waals surface area contributed by atoms with Crippen molar-refractivity contribution in [3.05, 3.63) is 84.3 Å². The summed E-state index contributed by atoms with van der Waals surface area (Å²) < 4.78 is 12.5. The molecule has 4 aromatic rings. The highest BCUT2D eigenvalue weighted by Crippen LogP contribution is 2.38. The fraction of sp³-hybridized carbons (Fsp3) is 0.174. The largest absolute Gasteiger partial charge is 0.497 e. The molecule has 0 spiro atoms. The van der Waals surface area contributed by atoms with E-state index in [1.165, 1.54) is 11.8 Å². The molecule has 2 N–H and O–H groups in total. The second-order valence-corrected chi connectivity index (χ2v) is 8.33. The zero-order valence-corrected chi connectivity index (χ0v) is 18.1. The highest BCUT2D eigenvalue weighted by molar-refractivity contribution is 8.00. The minimum atomic E-state index is -0.460. The number of rotatable bonds is 6. The summed E-state index contributed by atoms with van der Waals surface area (Å²) in [6, 6.07) is 20.8. The van der Waals surface area contributed by atoms with E-state index in [2.05, 4.69) is 20.9 Å². The molecule has 2 atom stereocenters. The minimum absolute atomic E-state index is 0.116. The minimum Gasteiger partial charge on any atom is -0.497 e. The van der Waals surface area contributed by atoms with Crippen LogP contribution < -0.4 is 15.5 Å². The Balaban J connectivity index is 1.47. The normalized spacial score (nSPS) is 17.3. The van der Waals surface area contributed by atoms with Gasteiger partial charge in [0.2, 0.25) is 11.1 Å². The van der Waals surface area contributed by atoms with Gasteiger partial charge in [0.1, 0.15) is 16.8 Å². The number of amides is 1. The van der Waals surface area contributed by atoms with Gasteiger partial charge in [-0.2, -0.15) is 0 Å². The van der Waals surface area contributed by atoms with Gasteiger partial charge in [0.05, 0.1) is 26.0 Å². The molecule has 162 valence electrons. The van der Waals surface area contributed by atoms with Crippen LogP contribution in [0.4, 0.5) is 0 Å². The molecule has 9 heteroatoms. The van der Waals surface area contributed by atoms with Crippen molar-refractivity contribution < 1.29 is 13.9 Å². The summed E-state index contributed by atoms with van der Waals surface area (Å²) in [5.74, 6) is 2.03. The summed E-state index contributed by atoms with van der Waals surface area (Å²) in [7, 11) is 1.63. The van der Waals surface area contributed by atoms with E-state index < -0.39 is 5.25 Å². The first-order chi connectivity index (χ1) is 15.7. The van der Waals surface area contributed by atoms with Gasteiger partial charge in [-0.1, -0.05) is 54.2 Å². The molecule has 32 heavy (non-hydrogen) atoms. The van der Waals surface area contributed by atoms with E-state index in [4.69, 9.17) is 9.15 Å². The number of benzene rings is 2. The predicted molar refractivity (Wildman–Crippen MR) is 121 cm³/mol. The number of ether oxygens (including phenoxy) is 1. The molecule has 1 aliphatic heterocycles. The Hall–Kier alpha value is -3.72. The number of thioether (sulfide) groups is 1. The third kappa shape index (κ3) is 3.94. The zero-order chi connectivity index (χ0) is 21.9. The summed E-state index contributed by atoms with van der Waals surface area (Å²) in [6.45, 7) is 0.320. The van der Waals surface area contributed by atoms with Crippen molar-refractivity contribution in [1.82, 2.24) is 20.2 Å². The van der Waals surface area contributed by atoms with Crippen LogP contribution in [0, 0.1) is 0 Å². The monoisotopic (exact) mass is 447 g/mol. The van der Waals surface area contributed by atoms with E-state index in [1.807, 2.05) is 65.3 Å². The number of carbonyl (C=O) groups excluding carboxylic acids is 1. The Kier molecular flexibility index (Phi) is 5.55. The molecule has 0 aliphatic carbocycles. The number of hydrogen-bond acceptors (Lipinski definition) is 7. The number of nitrogens with zero attached hydrogens (tertiary/aromatic N) is 3. The molecule has 2 aromatic heterocycles. The third-order valence-corrected chi connectivity index (χ3v) is 6.43. The Labute approximate surface area is 189 Å². The molecule has 2 aromatic carbocycles. The summed E-state index contributed by atoms with van der Waals surface area (Å²) in [5, 5.41) is 11.8. The molecule has 3 heterocycles. The molecule has 1 amide bonds. The van der Waals surface area contributed by atoms with Crippen LogP contribution in [0.1, 0.15) is 17.4 Å². The molecule has 0 unspecified atom stereocenters. The molecule has 5 rings (SSSR count). The smallest absolute Gasteiger partial charge is 0.236 e. The van der Waals surface area contributed by atoms with Crippen molar-refractivity contribution in [1.29, 1.82) is 0 Å². The third-order valence-electron chi connectivity index (χ3n) is 5.22. The van der Waals surface area contributed by atoms with E-state index in [-0.39, 0.29) is 11.9 Å². The average molecular weight is 448 g/mol. The van der Waals surface area contributed by atoms with Gasteiger partial charge in [0, 0.05) is 5.56 Å². The molecular formula is C23H21N5O3S.